The van der Waals surface area contributed by atoms with Crippen LogP contribution >= 0.6 is 0 Å². The minimum Gasteiger partial charge on any atom is -0.370 e. The monoisotopic (exact) mass is 261 g/mol. The van der Waals surface area contributed by atoms with Crippen molar-refractivity contribution in [1.82, 2.24) is 5.32 Å². The highest BCUT2D eigenvalue weighted by atomic mass is 15.1. The first kappa shape index (κ1) is 15.5. The van der Waals surface area contributed by atoms with Crippen LogP contribution < -0.4 is 11.1 Å². The molecule has 0 atom stereocenters. The maximum atomic E-state index is 5.90. The van der Waals surface area contributed by atoms with Crippen LogP contribution in [-0.2, 0) is 6.42 Å². The first-order chi connectivity index (χ1) is 8.68. The van der Waals surface area contributed by atoms with Gasteiger partial charge in [0.25, 0.3) is 0 Å². The maximum Gasteiger partial charge on any atom is 0.189 e. The van der Waals surface area contributed by atoms with Crippen molar-refractivity contribution in [3.8, 4) is 0 Å². The number of hydrogen-bond acceptors (Lipinski definition) is 1. The van der Waals surface area contributed by atoms with Crippen molar-refractivity contribution in [3.63, 3.8) is 0 Å². The lowest BCUT2D eigenvalue weighted by atomic mass is 9.86. The lowest BCUT2D eigenvalue weighted by Gasteiger charge is -2.25. The summed E-state index contributed by atoms with van der Waals surface area (Å²) in [5.74, 6) is 0.522. The molecule has 0 heterocycles. The van der Waals surface area contributed by atoms with Crippen molar-refractivity contribution in [2.75, 3.05) is 6.54 Å². The van der Waals surface area contributed by atoms with Crippen molar-refractivity contribution >= 4 is 5.96 Å². The van der Waals surface area contributed by atoms with Crippen LogP contribution in [0.1, 0.15) is 40.2 Å². The van der Waals surface area contributed by atoms with Crippen molar-refractivity contribution in [2.24, 2.45) is 16.1 Å². The molecule has 0 unspecified atom stereocenters. The zero-order chi connectivity index (χ0) is 14.5. The number of aliphatic imine (C=N–C) groups is 1. The van der Waals surface area contributed by atoms with Gasteiger partial charge < -0.3 is 11.1 Å². The van der Waals surface area contributed by atoms with E-state index in [1.165, 1.54) is 5.56 Å². The van der Waals surface area contributed by atoms with Crippen LogP contribution in [-0.4, -0.2) is 18.0 Å². The fourth-order valence-electron chi connectivity index (χ4n) is 1.93. The van der Waals surface area contributed by atoms with Crippen LogP contribution in [0.25, 0.3) is 0 Å². The van der Waals surface area contributed by atoms with E-state index < -0.39 is 0 Å². The van der Waals surface area contributed by atoms with E-state index in [-0.39, 0.29) is 11.0 Å². The van der Waals surface area contributed by atoms with Gasteiger partial charge >= 0.3 is 0 Å². The molecule has 0 aliphatic rings. The number of nitrogens with two attached hydrogens (primary N) is 1. The van der Waals surface area contributed by atoms with Crippen molar-refractivity contribution in [2.45, 2.75) is 46.6 Å². The van der Waals surface area contributed by atoms with E-state index in [2.05, 4.69) is 69.2 Å². The van der Waals surface area contributed by atoms with Gasteiger partial charge in [0.15, 0.2) is 5.96 Å². The van der Waals surface area contributed by atoms with Gasteiger partial charge in [0.05, 0.1) is 0 Å². The van der Waals surface area contributed by atoms with Crippen LogP contribution in [0.3, 0.4) is 0 Å². The molecular formula is C16H27N3. The number of hydrogen-bond donors (Lipinski definition) is 2. The quantitative estimate of drug-likeness (QED) is 0.646. The third kappa shape index (κ3) is 6.85. The van der Waals surface area contributed by atoms with E-state index in [1.54, 1.807) is 0 Å². The summed E-state index contributed by atoms with van der Waals surface area (Å²) in [6, 6.07) is 10.5. The Bertz CT molecular complexity index is 413. The molecule has 0 amide bonds. The van der Waals surface area contributed by atoms with Gasteiger partial charge in [-0.1, -0.05) is 44.2 Å². The van der Waals surface area contributed by atoms with Crippen LogP contribution in [0, 0.1) is 5.41 Å². The molecular weight excluding hydrogens is 234 g/mol. The predicted molar refractivity (Wildman–Crippen MR) is 83.3 cm³/mol. The van der Waals surface area contributed by atoms with Gasteiger partial charge in [-0.25, -0.2) is 0 Å². The standard InChI is InChI=1S/C16H27N3/c1-15(2,3)19-14(17)18-12-16(4,5)11-13-9-7-6-8-10-13/h6-10H,11-12H2,1-5H3,(H3,17,18,19). The summed E-state index contributed by atoms with van der Waals surface area (Å²) in [6.07, 6.45) is 1.00. The number of guanidine groups is 1. The Morgan fingerprint density at radius 1 is 1.11 bits per heavy atom. The Morgan fingerprint density at radius 2 is 1.68 bits per heavy atom. The smallest absolute Gasteiger partial charge is 0.189 e. The molecule has 0 aromatic heterocycles. The molecule has 0 spiro atoms. The number of nitrogens with zero attached hydrogens (tertiary/aromatic N) is 1. The van der Waals surface area contributed by atoms with Gasteiger partial charge in [0, 0.05) is 12.1 Å². The Kier molecular flexibility index (Phi) is 4.98. The average Bonchev–Trinajstić information content (AvgIpc) is 2.25. The Morgan fingerprint density at radius 3 is 2.21 bits per heavy atom. The van der Waals surface area contributed by atoms with Crippen LogP contribution in [0.2, 0.25) is 0 Å². The molecule has 106 valence electrons. The molecule has 19 heavy (non-hydrogen) atoms. The molecule has 0 aliphatic carbocycles. The molecule has 0 fully saturated rings. The molecule has 3 nitrogen and oxygen atoms in total. The fourth-order valence-corrected chi connectivity index (χ4v) is 1.93. The first-order valence-corrected chi connectivity index (χ1v) is 6.80. The topological polar surface area (TPSA) is 50.4 Å². The highest BCUT2D eigenvalue weighted by Gasteiger charge is 2.18. The summed E-state index contributed by atoms with van der Waals surface area (Å²) in [5, 5.41) is 3.18. The summed E-state index contributed by atoms with van der Waals surface area (Å²) in [6.45, 7) is 11.4. The average molecular weight is 261 g/mol. The van der Waals surface area contributed by atoms with Gasteiger partial charge in [0.2, 0.25) is 0 Å². The van der Waals surface area contributed by atoms with Crippen molar-refractivity contribution in [3.05, 3.63) is 35.9 Å². The number of nitrogens with one attached hydrogen (secondary N) is 1. The Hall–Kier alpha value is -1.51. The number of benzene rings is 1. The van der Waals surface area contributed by atoms with Gasteiger partial charge in [-0.15, -0.1) is 0 Å². The third-order valence-corrected chi connectivity index (χ3v) is 2.71. The first-order valence-electron chi connectivity index (χ1n) is 6.80. The van der Waals surface area contributed by atoms with E-state index in [0.29, 0.717) is 5.96 Å². The summed E-state index contributed by atoms with van der Waals surface area (Å²) < 4.78 is 0. The summed E-state index contributed by atoms with van der Waals surface area (Å²) >= 11 is 0. The molecule has 1 aromatic rings. The lowest BCUT2D eigenvalue weighted by molar-refractivity contribution is 0.376. The molecule has 0 bridgehead atoms. The van der Waals surface area contributed by atoms with Crippen molar-refractivity contribution in [1.29, 1.82) is 0 Å². The largest absolute Gasteiger partial charge is 0.370 e. The van der Waals surface area contributed by atoms with Crippen LogP contribution in [0.5, 0.6) is 0 Å². The van der Waals surface area contributed by atoms with Crippen molar-refractivity contribution < 1.29 is 0 Å². The normalized spacial score (nSPS) is 13.4. The molecule has 1 aromatic carbocycles. The predicted octanol–water partition coefficient (Wildman–Crippen LogP) is 2.96. The molecule has 0 saturated heterocycles. The second kappa shape index (κ2) is 6.09. The second-order valence-electron chi connectivity index (χ2n) is 6.90. The maximum absolute atomic E-state index is 5.90. The number of rotatable bonds is 4. The molecule has 0 radical (unpaired) electrons. The highest BCUT2D eigenvalue weighted by molar-refractivity contribution is 5.78. The zero-order valence-electron chi connectivity index (χ0n) is 12.8. The van der Waals surface area contributed by atoms with E-state index in [4.69, 9.17) is 5.73 Å². The molecule has 0 aliphatic heterocycles. The zero-order valence-corrected chi connectivity index (χ0v) is 12.8. The fraction of sp³-hybridized carbons (Fsp3) is 0.562. The van der Waals surface area contributed by atoms with E-state index >= 15 is 0 Å². The van der Waals surface area contributed by atoms with E-state index in [9.17, 15) is 0 Å². The minimum absolute atomic E-state index is 0.0445. The summed E-state index contributed by atoms with van der Waals surface area (Å²) in [4.78, 5) is 4.46. The van der Waals surface area contributed by atoms with Gasteiger partial charge in [0.1, 0.15) is 0 Å². The minimum atomic E-state index is -0.0445. The third-order valence-electron chi connectivity index (χ3n) is 2.71. The summed E-state index contributed by atoms with van der Waals surface area (Å²) in [5.41, 5.74) is 7.30. The van der Waals surface area contributed by atoms with E-state index in [0.717, 1.165) is 13.0 Å². The molecule has 0 saturated carbocycles. The second-order valence-corrected chi connectivity index (χ2v) is 6.90. The highest BCUT2D eigenvalue weighted by Crippen LogP contribution is 2.22. The Balaban J connectivity index is 2.57. The summed E-state index contributed by atoms with van der Waals surface area (Å²) in [7, 11) is 0. The SMILES string of the molecule is CC(C)(CN=C(N)NC(C)(C)C)Cc1ccccc1. The van der Waals surface area contributed by atoms with Crippen LogP contribution in [0.15, 0.2) is 35.3 Å². The van der Waals surface area contributed by atoms with Gasteiger partial charge in [-0.3, -0.25) is 4.99 Å². The van der Waals surface area contributed by atoms with E-state index in [1.807, 2.05) is 6.07 Å². The molecule has 3 heteroatoms. The molecule has 1 rings (SSSR count). The van der Waals surface area contributed by atoms with Crippen LogP contribution in [0.4, 0.5) is 0 Å². The molecule has 3 N–H and O–H groups in total. The van der Waals surface area contributed by atoms with Gasteiger partial charge in [-0.05, 0) is 38.2 Å². The lowest BCUT2D eigenvalue weighted by Crippen LogP contribution is -2.45. The Labute approximate surface area is 117 Å². The van der Waals surface area contributed by atoms with Gasteiger partial charge in [-0.2, -0.15) is 0 Å².